The van der Waals surface area contributed by atoms with Crippen LogP contribution in [0.1, 0.15) is 55.0 Å². The molecule has 6 nitrogen and oxygen atoms in total. The highest BCUT2D eigenvalue weighted by Crippen LogP contribution is 2.19. The second kappa shape index (κ2) is 6.11. The van der Waals surface area contributed by atoms with Gasteiger partial charge in [-0.25, -0.2) is 0 Å². The number of hydrogen-bond donors (Lipinski definition) is 1. The predicted octanol–water partition coefficient (Wildman–Crippen LogP) is 1.94. The zero-order valence-electron chi connectivity index (χ0n) is 13.1. The minimum atomic E-state index is -0.951. The second-order valence-electron chi connectivity index (χ2n) is 6.05. The van der Waals surface area contributed by atoms with Crippen LogP contribution in [-0.2, 0) is 11.8 Å². The van der Waals surface area contributed by atoms with Crippen LogP contribution in [0.5, 0.6) is 0 Å². The molecule has 0 aliphatic rings. The highest BCUT2D eigenvalue weighted by Gasteiger charge is 2.29. The van der Waals surface area contributed by atoms with Crippen LogP contribution in [0.25, 0.3) is 0 Å². The number of aromatic nitrogens is 1. The number of aliphatic carboxylic acids is 1. The Bertz CT molecular complexity index is 567. The molecule has 1 aromatic heterocycles. The first-order valence-corrected chi connectivity index (χ1v) is 6.75. The van der Waals surface area contributed by atoms with Crippen molar-refractivity contribution in [3.63, 3.8) is 0 Å². The van der Waals surface area contributed by atoms with Gasteiger partial charge >= 0.3 is 5.97 Å². The Morgan fingerprint density at radius 3 is 2.24 bits per heavy atom. The Balaban J connectivity index is 3.10. The molecule has 0 atom stereocenters. The lowest BCUT2D eigenvalue weighted by Crippen LogP contribution is -2.47. The number of carboxylic acid groups (broad SMARTS) is 1. The Hall–Kier alpha value is -2.11. The first-order valence-electron chi connectivity index (χ1n) is 6.75. The van der Waals surface area contributed by atoms with Gasteiger partial charge in [0.05, 0.1) is 6.42 Å². The van der Waals surface area contributed by atoms with Crippen molar-refractivity contribution in [2.45, 2.75) is 39.7 Å². The molecule has 0 radical (unpaired) electrons. The van der Waals surface area contributed by atoms with Gasteiger partial charge in [-0.15, -0.1) is 0 Å². The van der Waals surface area contributed by atoms with E-state index in [2.05, 4.69) is 0 Å². The van der Waals surface area contributed by atoms with E-state index in [1.54, 1.807) is 23.9 Å². The monoisotopic (exact) mass is 294 g/mol. The summed E-state index contributed by atoms with van der Waals surface area (Å²) in [4.78, 5) is 36.3. The number of carbonyl (C=O) groups is 3. The number of rotatable bonds is 5. The standard InChI is InChI=1S/C15H22N2O4/c1-10(18)11-8-12(16(5)9-11)14(21)17(15(2,3)4)7-6-13(19)20/h8-9H,6-7H2,1-5H3,(H,19,20). The third-order valence-electron chi connectivity index (χ3n) is 3.23. The van der Waals surface area contributed by atoms with Crippen LogP contribution in [0.3, 0.4) is 0 Å². The average Bonchev–Trinajstić information content (AvgIpc) is 2.69. The van der Waals surface area contributed by atoms with Crippen molar-refractivity contribution in [3.8, 4) is 0 Å². The number of hydrogen-bond acceptors (Lipinski definition) is 3. The van der Waals surface area contributed by atoms with Crippen molar-refractivity contribution in [2.75, 3.05) is 6.54 Å². The summed E-state index contributed by atoms with van der Waals surface area (Å²) in [6, 6.07) is 1.55. The van der Waals surface area contributed by atoms with Gasteiger partial charge in [-0.1, -0.05) is 0 Å². The zero-order valence-corrected chi connectivity index (χ0v) is 13.1. The van der Waals surface area contributed by atoms with Crippen molar-refractivity contribution in [2.24, 2.45) is 7.05 Å². The summed E-state index contributed by atoms with van der Waals surface area (Å²) in [6.07, 6.45) is 1.49. The topological polar surface area (TPSA) is 79.6 Å². The van der Waals surface area contributed by atoms with E-state index >= 15 is 0 Å². The van der Waals surface area contributed by atoms with Gasteiger partial charge in [-0.05, 0) is 33.8 Å². The number of carboxylic acids is 1. The van der Waals surface area contributed by atoms with E-state index in [0.29, 0.717) is 11.3 Å². The molecule has 0 fully saturated rings. The second-order valence-corrected chi connectivity index (χ2v) is 6.05. The highest BCUT2D eigenvalue weighted by molar-refractivity contribution is 5.99. The zero-order chi connectivity index (χ0) is 16.4. The maximum absolute atomic E-state index is 12.7. The quantitative estimate of drug-likeness (QED) is 0.842. The number of carbonyl (C=O) groups excluding carboxylic acids is 2. The summed E-state index contributed by atoms with van der Waals surface area (Å²) in [5.74, 6) is -1.34. The van der Waals surface area contributed by atoms with Crippen molar-refractivity contribution in [1.82, 2.24) is 9.47 Å². The van der Waals surface area contributed by atoms with E-state index in [4.69, 9.17) is 5.11 Å². The van der Waals surface area contributed by atoms with E-state index in [1.807, 2.05) is 20.8 Å². The molecule has 0 aromatic carbocycles. The normalized spacial score (nSPS) is 11.3. The third kappa shape index (κ3) is 4.18. The maximum Gasteiger partial charge on any atom is 0.305 e. The Morgan fingerprint density at radius 2 is 1.86 bits per heavy atom. The number of aryl methyl sites for hydroxylation is 1. The summed E-state index contributed by atoms with van der Waals surface area (Å²) < 4.78 is 1.60. The summed E-state index contributed by atoms with van der Waals surface area (Å²) in [6.45, 7) is 7.11. The number of nitrogens with zero attached hydrogens (tertiary/aromatic N) is 2. The van der Waals surface area contributed by atoms with E-state index in [1.165, 1.54) is 11.8 Å². The van der Waals surface area contributed by atoms with Crippen LogP contribution < -0.4 is 0 Å². The fourth-order valence-corrected chi connectivity index (χ4v) is 2.06. The van der Waals surface area contributed by atoms with Gasteiger partial charge in [0, 0.05) is 30.9 Å². The largest absolute Gasteiger partial charge is 0.481 e. The van der Waals surface area contributed by atoms with Crippen LogP contribution in [0.2, 0.25) is 0 Å². The van der Waals surface area contributed by atoms with E-state index < -0.39 is 11.5 Å². The molecule has 1 amide bonds. The van der Waals surface area contributed by atoms with Crippen molar-refractivity contribution < 1.29 is 19.5 Å². The van der Waals surface area contributed by atoms with Gasteiger partial charge in [-0.3, -0.25) is 14.4 Å². The Morgan fingerprint density at radius 1 is 1.29 bits per heavy atom. The van der Waals surface area contributed by atoms with Crippen LogP contribution >= 0.6 is 0 Å². The SMILES string of the molecule is CC(=O)c1cc(C(=O)N(CCC(=O)O)C(C)(C)C)n(C)c1. The lowest BCUT2D eigenvalue weighted by molar-refractivity contribution is -0.137. The van der Waals surface area contributed by atoms with Gasteiger partial charge in [0.1, 0.15) is 5.69 Å². The fourth-order valence-electron chi connectivity index (χ4n) is 2.06. The van der Waals surface area contributed by atoms with Crippen molar-refractivity contribution in [1.29, 1.82) is 0 Å². The molecule has 0 saturated heterocycles. The minimum Gasteiger partial charge on any atom is -0.481 e. The molecule has 0 saturated carbocycles. The molecule has 1 rings (SSSR count). The lowest BCUT2D eigenvalue weighted by atomic mass is 10.0. The summed E-state index contributed by atoms with van der Waals surface area (Å²) in [5, 5.41) is 8.82. The summed E-state index contributed by atoms with van der Waals surface area (Å²) in [5.41, 5.74) is 0.334. The number of Topliss-reactive ketones (excluding diaryl/α,β-unsaturated/α-hetero) is 1. The molecule has 0 aliphatic heterocycles. The van der Waals surface area contributed by atoms with Crippen LogP contribution in [-0.4, -0.2) is 44.3 Å². The van der Waals surface area contributed by atoms with Crippen molar-refractivity contribution >= 4 is 17.7 Å². The molecule has 0 spiro atoms. The molecule has 1 heterocycles. The summed E-state index contributed by atoms with van der Waals surface area (Å²) in [7, 11) is 1.69. The molecule has 116 valence electrons. The Labute approximate surface area is 124 Å². The van der Waals surface area contributed by atoms with E-state index in [0.717, 1.165) is 0 Å². The van der Waals surface area contributed by atoms with Gasteiger partial charge in [0.2, 0.25) is 0 Å². The van der Waals surface area contributed by atoms with Crippen LogP contribution in [0, 0.1) is 0 Å². The van der Waals surface area contributed by atoms with Gasteiger partial charge in [-0.2, -0.15) is 0 Å². The van der Waals surface area contributed by atoms with Gasteiger partial charge in [0.15, 0.2) is 5.78 Å². The maximum atomic E-state index is 12.7. The smallest absolute Gasteiger partial charge is 0.305 e. The third-order valence-corrected chi connectivity index (χ3v) is 3.23. The van der Waals surface area contributed by atoms with Gasteiger partial charge < -0.3 is 14.6 Å². The first kappa shape index (κ1) is 16.9. The molecule has 6 heteroatoms. The minimum absolute atomic E-state index is 0.113. The summed E-state index contributed by atoms with van der Waals surface area (Å²) >= 11 is 0. The van der Waals surface area contributed by atoms with Crippen LogP contribution in [0.4, 0.5) is 0 Å². The lowest BCUT2D eigenvalue weighted by Gasteiger charge is -2.35. The molecule has 0 bridgehead atoms. The number of amides is 1. The first-order chi connectivity index (χ1) is 9.54. The molecular formula is C15H22N2O4. The number of ketones is 1. The molecule has 1 N–H and O–H groups in total. The molecule has 0 aliphatic carbocycles. The van der Waals surface area contributed by atoms with Crippen molar-refractivity contribution in [3.05, 3.63) is 23.5 Å². The highest BCUT2D eigenvalue weighted by atomic mass is 16.4. The molecule has 0 unspecified atom stereocenters. The predicted molar refractivity (Wildman–Crippen MR) is 78.5 cm³/mol. The average molecular weight is 294 g/mol. The Kier molecular flexibility index (Phi) is 4.93. The molecule has 1 aromatic rings. The van der Waals surface area contributed by atoms with E-state index in [9.17, 15) is 14.4 Å². The van der Waals surface area contributed by atoms with Crippen LogP contribution in [0.15, 0.2) is 12.3 Å². The fraction of sp³-hybridized carbons (Fsp3) is 0.533. The van der Waals surface area contributed by atoms with Gasteiger partial charge in [0.25, 0.3) is 5.91 Å². The molecular weight excluding hydrogens is 272 g/mol. The van der Waals surface area contributed by atoms with E-state index in [-0.39, 0.29) is 24.7 Å². The molecule has 21 heavy (non-hydrogen) atoms.